The zero-order valence-corrected chi connectivity index (χ0v) is 15.0. The quantitative estimate of drug-likeness (QED) is 0.851. The fourth-order valence-electron chi connectivity index (χ4n) is 4.98. The lowest BCUT2D eigenvalue weighted by Crippen LogP contribution is -2.53. The van der Waals surface area contributed by atoms with E-state index in [2.05, 4.69) is 64.8 Å². The van der Waals surface area contributed by atoms with Gasteiger partial charge in [-0.25, -0.2) is 0 Å². The van der Waals surface area contributed by atoms with Gasteiger partial charge in [0.05, 0.1) is 5.60 Å². The third-order valence-electron chi connectivity index (χ3n) is 6.57. The SMILES string of the molecule is Cc1ccc2c(c1)C(O)(C1CC(C)N(C)C(C)C1)C(C)(C)C2. The van der Waals surface area contributed by atoms with Gasteiger partial charge >= 0.3 is 0 Å². The molecule has 3 rings (SSSR count). The Hall–Kier alpha value is -0.860. The average Bonchev–Trinajstić information content (AvgIpc) is 2.64. The zero-order valence-electron chi connectivity index (χ0n) is 15.0. The fraction of sp³-hybridized carbons (Fsp3) is 0.700. The maximum atomic E-state index is 11.9. The first kappa shape index (κ1) is 16.0. The summed E-state index contributed by atoms with van der Waals surface area (Å²) in [7, 11) is 2.22. The second kappa shape index (κ2) is 5.07. The number of likely N-dealkylation sites (tertiary alicyclic amines) is 1. The largest absolute Gasteiger partial charge is 0.384 e. The molecule has 1 aromatic carbocycles. The number of hydrogen-bond donors (Lipinski definition) is 1. The second-order valence-electron chi connectivity index (χ2n) is 8.52. The highest BCUT2D eigenvalue weighted by Gasteiger charge is 2.56. The van der Waals surface area contributed by atoms with Crippen LogP contribution < -0.4 is 0 Å². The molecule has 0 aromatic heterocycles. The van der Waals surface area contributed by atoms with Crippen LogP contribution in [-0.2, 0) is 12.0 Å². The highest BCUT2D eigenvalue weighted by atomic mass is 16.3. The molecule has 0 bridgehead atoms. The van der Waals surface area contributed by atoms with E-state index in [9.17, 15) is 5.11 Å². The van der Waals surface area contributed by atoms with Gasteiger partial charge in [-0.2, -0.15) is 0 Å². The summed E-state index contributed by atoms with van der Waals surface area (Å²) in [6.07, 6.45) is 3.14. The molecule has 0 amide bonds. The highest BCUT2D eigenvalue weighted by Crippen LogP contribution is 2.57. The van der Waals surface area contributed by atoms with Crippen LogP contribution in [-0.4, -0.2) is 29.1 Å². The van der Waals surface area contributed by atoms with E-state index >= 15 is 0 Å². The Morgan fingerprint density at radius 1 is 1.14 bits per heavy atom. The van der Waals surface area contributed by atoms with Crippen LogP contribution in [0.2, 0.25) is 0 Å². The maximum Gasteiger partial charge on any atom is 0.0982 e. The summed E-state index contributed by atoms with van der Waals surface area (Å²) in [5.74, 6) is 0.340. The average molecular weight is 301 g/mol. The third kappa shape index (κ3) is 2.15. The van der Waals surface area contributed by atoms with Gasteiger partial charge in [-0.3, -0.25) is 0 Å². The minimum Gasteiger partial charge on any atom is -0.384 e. The van der Waals surface area contributed by atoms with Crippen molar-refractivity contribution in [3.8, 4) is 0 Å². The van der Waals surface area contributed by atoms with Crippen LogP contribution >= 0.6 is 0 Å². The molecule has 0 saturated carbocycles. The van der Waals surface area contributed by atoms with Crippen molar-refractivity contribution in [1.82, 2.24) is 4.90 Å². The Kier molecular flexibility index (Phi) is 3.69. The van der Waals surface area contributed by atoms with Gasteiger partial charge in [-0.1, -0.05) is 37.6 Å². The molecule has 1 aliphatic heterocycles. The Morgan fingerprint density at radius 3 is 2.32 bits per heavy atom. The van der Waals surface area contributed by atoms with E-state index in [0.717, 1.165) is 19.3 Å². The topological polar surface area (TPSA) is 23.5 Å². The monoisotopic (exact) mass is 301 g/mol. The molecule has 1 saturated heterocycles. The smallest absolute Gasteiger partial charge is 0.0982 e. The fourth-order valence-corrected chi connectivity index (χ4v) is 4.98. The molecule has 1 fully saturated rings. The number of aryl methyl sites for hydroxylation is 1. The van der Waals surface area contributed by atoms with E-state index in [-0.39, 0.29) is 5.41 Å². The molecule has 2 heteroatoms. The van der Waals surface area contributed by atoms with Crippen LogP contribution in [0.5, 0.6) is 0 Å². The minimum atomic E-state index is -0.696. The lowest BCUT2D eigenvalue weighted by molar-refractivity contribution is -0.133. The Bertz CT molecular complexity index is 567. The minimum absolute atomic E-state index is 0.0941. The lowest BCUT2D eigenvalue weighted by atomic mass is 9.63. The second-order valence-corrected chi connectivity index (χ2v) is 8.52. The van der Waals surface area contributed by atoms with Gasteiger partial charge in [0, 0.05) is 17.5 Å². The summed E-state index contributed by atoms with van der Waals surface area (Å²) in [4.78, 5) is 2.46. The molecule has 2 aliphatic rings. The maximum absolute atomic E-state index is 11.9. The van der Waals surface area contributed by atoms with Crippen LogP contribution in [0.25, 0.3) is 0 Å². The van der Waals surface area contributed by atoms with E-state index in [1.54, 1.807) is 0 Å². The van der Waals surface area contributed by atoms with Gasteiger partial charge in [-0.15, -0.1) is 0 Å². The molecular weight excluding hydrogens is 270 g/mol. The molecule has 1 aromatic rings. The highest BCUT2D eigenvalue weighted by molar-refractivity contribution is 5.43. The molecule has 22 heavy (non-hydrogen) atoms. The molecule has 1 N–H and O–H groups in total. The summed E-state index contributed by atoms with van der Waals surface area (Å²) in [6, 6.07) is 7.70. The van der Waals surface area contributed by atoms with Gasteiger partial charge in [-0.05, 0) is 64.1 Å². The van der Waals surface area contributed by atoms with Crippen molar-refractivity contribution < 1.29 is 5.11 Å². The molecule has 0 radical (unpaired) electrons. The Labute approximate surface area is 135 Å². The van der Waals surface area contributed by atoms with Crippen LogP contribution in [0.4, 0.5) is 0 Å². The number of hydrogen-bond acceptors (Lipinski definition) is 2. The third-order valence-corrected chi connectivity index (χ3v) is 6.57. The van der Waals surface area contributed by atoms with E-state index < -0.39 is 5.60 Å². The zero-order chi connectivity index (χ0) is 16.3. The predicted molar refractivity (Wildman–Crippen MR) is 92.0 cm³/mol. The van der Waals surface area contributed by atoms with Crippen molar-refractivity contribution >= 4 is 0 Å². The van der Waals surface area contributed by atoms with Crippen LogP contribution in [0, 0.1) is 18.3 Å². The molecular formula is C20H31NO. The van der Waals surface area contributed by atoms with Crippen molar-refractivity contribution in [2.45, 2.75) is 71.6 Å². The Morgan fingerprint density at radius 2 is 1.73 bits per heavy atom. The molecule has 0 spiro atoms. The number of fused-ring (bicyclic) bond motifs is 1. The van der Waals surface area contributed by atoms with Crippen LogP contribution in [0.3, 0.4) is 0 Å². The first-order valence-corrected chi connectivity index (χ1v) is 8.71. The number of benzene rings is 1. The number of aliphatic hydroxyl groups is 1. The van der Waals surface area contributed by atoms with Crippen molar-refractivity contribution in [3.05, 3.63) is 34.9 Å². The molecule has 122 valence electrons. The first-order valence-electron chi connectivity index (χ1n) is 8.71. The van der Waals surface area contributed by atoms with Gasteiger partial charge in [0.1, 0.15) is 0 Å². The molecule has 2 nitrogen and oxygen atoms in total. The van der Waals surface area contributed by atoms with E-state index in [4.69, 9.17) is 0 Å². The van der Waals surface area contributed by atoms with Crippen LogP contribution in [0.15, 0.2) is 18.2 Å². The van der Waals surface area contributed by atoms with E-state index in [1.807, 2.05) is 0 Å². The number of rotatable bonds is 1. The summed E-state index contributed by atoms with van der Waals surface area (Å²) in [5.41, 5.74) is 3.01. The predicted octanol–water partition coefficient (Wildman–Crippen LogP) is 3.88. The molecule has 1 heterocycles. The van der Waals surface area contributed by atoms with Crippen molar-refractivity contribution in [2.24, 2.45) is 11.3 Å². The normalized spacial score (nSPS) is 38.0. The van der Waals surface area contributed by atoms with Crippen molar-refractivity contribution in [1.29, 1.82) is 0 Å². The summed E-state index contributed by atoms with van der Waals surface area (Å²) >= 11 is 0. The van der Waals surface area contributed by atoms with E-state index in [1.165, 1.54) is 16.7 Å². The first-order chi connectivity index (χ1) is 10.2. The van der Waals surface area contributed by atoms with Crippen LogP contribution in [0.1, 0.15) is 57.2 Å². The van der Waals surface area contributed by atoms with Gasteiger partial charge in [0.15, 0.2) is 0 Å². The molecule has 3 atom stereocenters. The standard InChI is InChI=1S/C20H31NO/c1-13-7-8-16-12-19(4,5)20(22,18(16)9-13)17-10-14(2)21(6)15(3)11-17/h7-9,14-15,17,22H,10-12H2,1-6H3. The van der Waals surface area contributed by atoms with Crippen molar-refractivity contribution in [2.75, 3.05) is 7.05 Å². The summed E-state index contributed by atoms with van der Waals surface area (Å²) < 4.78 is 0. The molecule has 3 unspecified atom stereocenters. The number of piperidine rings is 1. The summed E-state index contributed by atoms with van der Waals surface area (Å²) in [5, 5.41) is 11.9. The number of nitrogens with zero attached hydrogens (tertiary/aromatic N) is 1. The van der Waals surface area contributed by atoms with Crippen molar-refractivity contribution in [3.63, 3.8) is 0 Å². The van der Waals surface area contributed by atoms with Gasteiger partial charge < -0.3 is 10.0 Å². The lowest BCUT2D eigenvalue weighted by Gasteiger charge is -2.50. The molecule has 1 aliphatic carbocycles. The van der Waals surface area contributed by atoms with Gasteiger partial charge in [0.2, 0.25) is 0 Å². The summed E-state index contributed by atoms with van der Waals surface area (Å²) in [6.45, 7) is 11.2. The Balaban J connectivity index is 2.06. The van der Waals surface area contributed by atoms with Gasteiger partial charge in [0.25, 0.3) is 0 Å². The van der Waals surface area contributed by atoms with E-state index in [0.29, 0.717) is 18.0 Å².